The van der Waals surface area contributed by atoms with E-state index in [1.165, 1.54) is 0 Å². The van der Waals surface area contributed by atoms with E-state index in [-0.39, 0.29) is 0 Å². The number of nitrogens with one attached hydrogen (secondary N) is 1. The van der Waals surface area contributed by atoms with Gasteiger partial charge in [-0.1, -0.05) is 6.92 Å². The largest absolute Gasteiger partial charge is 0.335 e. The van der Waals surface area contributed by atoms with Crippen LogP contribution in [0.5, 0.6) is 0 Å². The van der Waals surface area contributed by atoms with Crippen LogP contribution in [0.1, 0.15) is 26.7 Å². The van der Waals surface area contributed by atoms with Crippen LogP contribution in [0.4, 0.5) is 0 Å². The summed E-state index contributed by atoms with van der Waals surface area (Å²) in [5.74, 6) is 0.931. The highest BCUT2D eigenvalue weighted by Gasteiger charge is 2.37. The smallest absolute Gasteiger partial charge is 0.223 e. The maximum Gasteiger partial charge on any atom is 0.223 e. The van der Waals surface area contributed by atoms with Crippen molar-refractivity contribution in [2.75, 3.05) is 13.1 Å². The maximum atomic E-state index is 11.6. The van der Waals surface area contributed by atoms with Gasteiger partial charge in [-0.15, -0.1) is 0 Å². The van der Waals surface area contributed by atoms with Crippen LogP contribution in [0.3, 0.4) is 0 Å². The number of nitrogens with zero attached hydrogens (tertiary/aromatic N) is 1. The molecule has 0 aromatic rings. The van der Waals surface area contributed by atoms with Crippen molar-refractivity contribution in [2.24, 2.45) is 5.92 Å². The molecule has 0 spiro atoms. The molecule has 0 aliphatic carbocycles. The molecule has 2 fully saturated rings. The molecule has 3 atom stereocenters. The van der Waals surface area contributed by atoms with E-state index in [9.17, 15) is 4.79 Å². The van der Waals surface area contributed by atoms with E-state index in [1.807, 2.05) is 0 Å². The maximum absolute atomic E-state index is 11.6. The van der Waals surface area contributed by atoms with Gasteiger partial charge >= 0.3 is 0 Å². The first kappa shape index (κ1) is 9.00. The van der Waals surface area contributed by atoms with E-state index >= 15 is 0 Å². The molecule has 74 valence electrons. The Bertz CT molecular complexity index is 217. The molecule has 3 heteroatoms. The number of amides is 1. The summed E-state index contributed by atoms with van der Waals surface area (Å²) < 4.78 is 0. The van der Waals surface area contributed by atoms with Crippen LogP contribution in [-0.2, 0) is 4.79 Å². The summed E-state index contributed by atoms with van der Waals surface area (Å²) >= 11 is 0. The third-order valence-corrected chi connectivity index (χ3v) is 3.48. The minimum absolute atomic E-state index is 0.355. The first-order valence-corrected chi connectivity index (χ1v) is 5.22. The predicted octanol–water partition coefficient (Wildman–Crippen LogP) is 0.605. The second-order valence-corrected chi connectivity index (χ2v) is 4.37. The predicted molar refractivity (Wildman–Crippen MR) is 51.4 cm³/mol. The summed E-state index contributed by atoms with van der Waals surface area (Å²) in [6.07, 6.45) is 1.80. The number of rotatable bonds is 0. The molecule has 0 saturated carbocycles. The zero-order chi connectivity index (χ0) is 9.42. The van der Waals surface area contributed by atoms with Gasteiger partial charge in [0.2, 0.25) is 5.91 Å². The molecule has 0 aromatic heterocycles. The molecule has 1 unspecified atom stereocenters. The highest BCUT2D eigenvalue weighted by atomic mass is 16.2. The van der Waals surface area contributed by atoms with E-state index < -0.39 is 0 Å². The van der Waals surface area contributed by atoms with Crippen LogP contribution in [0.2, 0.25) is 0 Å². The van der Waals surface area contributed by atoms with Gasteiger partial charge < -0.3 is 10.2 Å². The molecule has 0 aromatic carbocycles. The zero-order valence-electron chi connectivity index (χ0n) is 8.42. The van der Waals surface area contributed by atoms with Crippen LogP contribution >= 0.6 is 0 Å². The fourth-order valence-corrected chi connectivity index (χ4v) is 2.44. The van der Waals surface area contributed by atoms with E-state index in [0.29, 0.717) is 23.9 Å². The first-order valence-electron chi connectivity index (χ1n) is 5.22. The number of carbonyl (C=O) groups is 1. The summed E-state index contributed by atoms with van der Waals surface area (Å²) in [6.45, 7) is 6.42. The Morgan fingerprint density at radius 1 is 1.38 bits per heavy atom. The molecule has 2 saturated heterocycles. The minimum Gasteiger partial charge on any atom is -0.335 e. The van der Waals surface area contributed by atoms with Gasteiger partial charge in [-0.3, -0.25) is 4.79 Å². The summed E-state index contributed by atoms with van der Waals surface area (Å²) in [4.78, 5) is 13.7. The number of hydrogen-bond acceptors (Lipinski definition) is 2. The number of hydrogen-bond donors (Lipinski definition) is 1. The van der Waals surface area contributed by atoms with Crippen molar-refractivity contribution in [3.63, 3.8) is 0 Å². The quantitative estimate of drug-likeness (QED) is 0.595. The van der Waals surface area contributed by atoms with E-state index in [1.54, 1.807) is 0 Å². The monoisotopic (exact) mass is 182 g/mol. The SMILES string of the molecule is C[C@@H]1CNCC2CCC(=O)N2[C@@H]1C. The van der Waals surface area contributed by atoms with Crippen molar-refractivity contribution in [2.45, 2.75) is 38.8 Å². The fraction of sp³-hybridized carbons (Fsp3) is 0.900. The van der Waals surface area contributed by atoms with Gasteiger partial charge in [0.05, 0.1) is 0 Å². The molecule has 2 rings (SSSR count). The third kappa shape index (κ3) is 1.46. The van der Waals surface area contributed by atoms with Crippen LogP contribution < -0.4 is 5.32 Å². The Kier molecular flexibility index (Phi) is 2.28. The third-order valence-electron chi connectivity index (χ3n) is 3.48. The second-order valence-electron chi connectivity index (χ2n) is 4.37. The van der Waals surface area contributed by atoms with Gasteiger partial charge in [-0.2, -0.15) is 0 Å². The minimum atomic E-state index is 0.355. The number of carbonyl (C=O) groups excluding carboxylic acids is 1. The van der Waals surface area contributed by atoms with Crippen LogP contribution in [0.15, 0.2) is 0 Å². The van der Waals surface area contributed by atoms with Crippen molar-refractivity contribution in [3.8, 4) is 0 Å². The second kappa shape index (κ2) is 3.29. The Balaban J connectivity index is 2.18. The summed E-state index contributed by atoms with van der Waals surface area (Å²) in [7, 11) is 0. The molecular weight excluding hydrogens is 164 g/mol. The summed E-state index contributed by atoms with van der Waals surface area (Å²) in [5, 5.41) is 3.43. The van der Waals surface area contributed by atoms with Gasteiger partial charge in [0.1, 0.15) is 0 Å². The van der Waals surface area contributed by atoms with Crippen molar-refractivity contribution >= 4 is 5.91 Å². The number of fused-ring (bicyclic) bond motifs is 1. The van der Waals surface area contributed by atoms with Crippen LogP contribution in [0, 0.1) is 5.92 Å². The molecule has 1 N–H and O–H groups in total. The van der Waals surface area contributed by atoms with Gasteiger partial charge in [0.25, 0.3) is 0 Å². The van der Waals surface area contributed by atoms with E-state index in [2.05, 4.69) is 24.1 Å². The van der Waals surface area contributed by atoms with Gasteiger partial charge in [-0.25, -0.2) is 0 Å². The Morgan fingerprint density at radius 2 is 2.15 bits per heavy atom. The standard InChI is InChI=1S/C10H18N2O/c1-7-5-11-6-9-3-4-10(13)12(9)8(7)2/h7-9,11H,3-6H2,1-2H3/t7-,8-,9?/m1/s1. The molecule has 0 bridgehead atoms. The van der Waals surface area contributed by atoms with E-state index in [0.717, 1.165) is 25.9 Å². The summed E-state index contributed by atoms with van der Waals surface area (Å²) in [5.41, 5.74) is 0. The highest BCUT2D eigenvalue weighted by Crippen LogP contribution is 2.26. The van der Waals surface area contributed by atoms with Crippen molar-refractivity contribution in [3.05, 3.63) is 0 Å². The average Bonchev–Trinajstić information content (AvgIpc) is 2.39. The molecule has 2 aliphatic rings. The Labute approximate surface area is 79.5 Å². The van der Waals surface area contributed by atoms with Gasteiger partial charge in [0, 0.05) is 25.0 Å². The van der Waals surface area contributed by atoms with Crippen molar-refractivity contribution in [1.29, 1.82) is 0 Å². The molecular formula is C10H18N2O. The zero-order valence-corrected chi connectivity index (χ0v) is 8.42. The van der Waals surface area contributed by atoms with E-state index in [4.69, 9.17) is 0 Å². The molecule has 2 aliphatic heterocycles. The average molecular weight is 182 g/mol. The topological polar surface area (TPSA) is 32.3 Å². The van der Waals surface area contributed by atoms with Gasteiger partial charge in [-0.05, 0) is 25.8 Å². The lowest BCUT2D eigenvalue weighted by atomic mass is 10.0. The lowest BCUT2D eigenvalue weighted by Crippen LogP contribution is -2.43. The van der Waals surface area contributed by atoms with Crippen molar-refractivity contribution < 1.29 is 4.79 Å². The van der Waals surface area contributed by atoms with Crippen LogP contribution in [-0.4, -0.2) is 36.0 Å². The first-order chi connectivity index (χ1) is 6.20. The molecule has 1 amide bonds. The molecule has 3 nitrogen and oxygen atoms in total. The Hall–Kier alpha value is -0.570. The normalized spacial score (nSPS) is 40.3. The molecule has 13 heavy (non-hydrogen) atoms. The summed E-state index contributed by atoms with van der Waals surface area (Å²) in [6, 6.07) is 0.877. The van der Waals surface area contributed by atoms with Gasteiger partial charge in [0.15, 0.2) is 0 Å². The Morgan fingerprint density at radius 3 is 2.92 bits per heavy atom. The van der Waals surface area contributed by atoms with Crippen LogP contribution in [0.25, 0.3) is 0 Å². The lowest BCUT2D eigenvalue weighted by molar-refractivity contribution is -0.131. The fourth-order valence-electron chi connectivity index (χ4n) is 2.44. The molecule has 0 radical (unpaired) electrons. The lowest BCUT2D eigenvalue weighted by Gasteiger charge is -2.30. The van der Waals surface area contributed by atoms with Crippen molar-refractivity contribution in [1.82, 2.24) is 10.2 Å². The molecule has 2 heterocycles. The highest BCUT2D eigenvalue weighted by molar-refractivity contribution is 5.79.